The Kier molecular flexibility index (Phi) is 10.1. The predicted octanol–water partition coefficient (Wildman–Crippen LogP) is 0.0751. The van der Waals surface area contributed by atoms with E-state index in [9.17, 15) is 44.1 Å². The highest BCUT2D eigenvalue weighted by Gasteiger charge is 2.47. The first-order chi connectivity index (χ1) is 14.5. The van der Waals surface area contributed by atoms with Crippen molar-refractivity contribution in [1.29, 1.82) is 0 Å². The Morgan fingerprint density at radius 2 is 1.22 bits per heavy atom. The van der Waals surface area contributed by atoms with Gasteiger partial charge in [0, 0.05) is 13.8 Å². The molecule has 0 aliphatic rings. The Morgan fingerprint density at radius 1 is 0.750 bits per heavy atom. The standard InChI is InChI=1S/C19H31N3O10/c1-11(23)21-18(13(25)26,10-20-16(31)32-17(3,4)5)8-6-7-9-19(14(27)28,15(29)30)22-12(2)24/h6-10H2,1-5H3,(H,20,31)(H,21,23)(H,22,24)(H,25,26)(H,27,28)(H,29,30). The number of carboxylic acids is 3. The van der Waals surface area contributed by atoms with Crippen LogP contribution in [0.25, 0.3) is 0 Å². The molecule has 6 N–H and O–H groups in total. The summed E-state index contributed by atoms with van der Waals surface area (Å²) in [4.78, 5) is 69.8. The summed E-state index contributed by atoms with van der Waals surface area (Å²) in [6.45, 7) is 6.34. The van der Waals surface area contributed by atoms with Crippen LogP contribution in [0.4, 0.5) is 4.79 Å². The molecule has 0 fully saturated rings. The first kappa shape index (κ1) is 28.6. The number of alkyl carbamates (subject to hydrolysis) is 1. The number of carbonyl (C=O) groups excluding carboxylic acids is 3. The van der Waals surface area contributed by atoms with Crippen molar-refractivity contribution in [2.75, 3.05) is 6.54 Å². The molecule has 0 aromatic heterocycles. The van der Waals surface area contributed by atoms with E-state index in [0.717, 1.165) is 13.8 Å². The quantitative estimate of drug-likeness (QED) is 0.170. The molecule has 182 valence electrons. The Hall–Kier alpha value is -3.38. The van der Waals surface area contributed by atoms with Crippen LogP contribution in [0.2, 0.25) is 0 Å². The van der Waals surface area contributed by atoms with Crippen LogP contribution in [0.3, 0.4) is 0 Å². The molecular weight excluding hydrogens is 430 g/mol. The molecule has 0 rings (SSSR count). The molecule has 0 radical (unpaired) electrons. The summed E-state index contributed by atoms with van der Waals surface area (Å²) in [7, 11) is 0. The Bertz CT molecular complexity index is 745. The third-order valence-corrected chi connectivity index (χ3v) is 4.28. The van der Waals surface area contributed by atoms with Crippen molar-refractivity contribution in [3.8, 4) is 0 Å². The molecule has 13 nitrogen and oxygen atoms in total. The van der Waals surface area contributed by atoms with Gasteiger partial charge < -0.3 is 36.0 Å². The first-order valence-electron chi connectivity index (χ1n) is 9.72. The van der Waals surface area contributed by atoms with Crippen molar-refractivity contribution in [2.45, 2.75) is 77.0 Å². The number of hydrogen-bond donors (Lipinski definition) is 6. The van der Waals surface area contributed by atoms with Gasteiger partial charge in [-0.25, -0.2) is 19.2 Å². The summed E-state index contributed by atoms with van der Waals surface area (Å²) in [5.41, 5.74) is -5.38. The molecule has 13 heteroatoms. The summed E-state index contributed by atoms with van der Waals surface area (Å²) < 4.78 is 5.05. The Morgan fingerprint density at radius 3 is 1.59 bits per heavy atom. The van der Waals surface area contributed by atoms with E-state index in [4.69, 9.17) is 4.74 Å². The zero-order valence-electron chi connectivity index (χ0n) is 18.7. The van der Waals surface area contributed by atoms with Gasteiger partial charge >= 0.3 is 24.0 Å². The van der Waals surface area contributed by atoms with Gasteiger partial charge in [0.2, 0.25) is 17.4 Å². The van der Waals surface area contributed by atoms with Crippen molar-refractivity contribution < 1.29 is 48.8 Å². The predicted molar refractivity (Wildman–Crippen MR) is 109 cm³/mol. The molecule has 3 amide bonds. The van der Waals surface area contributed by atoms with E-state index in [-0.39, 0.29) is 19.3 Å². The number of hydrogen-bond acceptors (Lipinski definition) is 7. The summed E-state index contributed by atoms with van der Waals surface area (Å²) in [5.74, 6) is -6.58. The monoisotopic (exact) mass is 461 g/mol. The Balaban J connectivity index is 5.45. The smallest absolute Gasteiger partial charge is 0.407 e. The van der Waals surface area contributed by atoms with Gasteiger partial charge in [-0.3, -0.25) is 9.59 Å². The van der Waals surface area contributed by atoms with E-state index in [1.165, 1.54) is 0 Å². The van der Waals surface area contributed by atoms with Crippen LogP contribution in [-0.2, 0) is 28.7 Å². The molecule has 0 aromatic rings. The molecule has 0 heterocycles. The second-order valence-electron chi connectivity index (χ2n) is 8.33. The average Bonchev–Trinajstić information content (AvgIpc) is 2.59. The van der Waals surface area contributed by atoms with Crippen LogP contribution < -0.4 is 16.0 Å². The molecule has 0 saturated heterocycles. The third-order valence-electron chi connectivity index (χ3n) is 4.28. The molecule has 0 aromatic carbocycles. The topological polar surface area (TPSA) is 208 Å². The first-order valence-corrected chi connectivity index (χ1v) is 9.72. The average molecular weight is 461 g/mol. The van der Waals surface area contributed by atoms with Gasteiger partial charge in [-0.2, -0.15) is 0 Å². The minimum Gasteiger partial charge on any atom is -0.479 e. The highest BCUT2D eigenvalue weighted by Crippen LogP contribution is 2.21. The second-order valence-corrected chi connectivity index (χ2v) is 8.33. The van der Waals surface area contributed by atoms with Crippen LogP contribution in [0.5, 0.6) is 0 Å². The maximum atomic E-state index is 12.0. The highest BCUT2D eigenvalue weighted by atomic mass is 16.6. The fourth-order valence-corrected chi connectivity index (χ4v) is 2.90. The number of carboxylic acid groups (broad SMARTS) is 3. The molecule has 1 atom stereocenters. The van der Waals surface area contributed by atoms with Crippen LogP contribution in [0.15, 0.2) is 0 Å². The molecular formula is C19H31N3O10. The summed E-state index contributed by atoms with van der Waals surface area (Å²) in [6, 6.07) is 0. The van der Waals surface area contributed by atoms with Crippen LogP contribution >= 0.6 is 0 Å². The maximum absolute atomic E-state index is 12.0. The lowest BCUT2D eigenvalue weighted by atomic mass is 9.87. The van der Waals surface area contributed by atoms with Crippen LogP contribution in [-0.4, -0.2) is 74.4 Å². The van der Waals surface area contributed by atoms with Crippen LogP contribution in [0, 0.1) is 0 Å². The largest absolute Gasteiger partial charge is 0.479 e. The van der Waals surface area contributed by atoms with E-state index in [1.54, 1.807) is 20.8 Å². The minimum atomic E-state index is -2.58. The van der Waals surface area contributed by atoms with E-state index >= 15 is 0 Å². The normalized spacial score (nSPS) is 13.3. The van der Waals surface area contributed by atoms with E-state index < -0.39 is 65.5 Å². The second kappa shape index (κ2) is 11.3. The SMILES string of the molecule is CC(=O)NC(CCCCC(NC(C)=O)(C(=O)O)C(=O)O)(CNC(=O)OC(C)(C)C)C(=O)O. The number of carbonyl (C=O) groups is 6. The number of rotatable bonds is 12. The van der Waals surface area contributed by atoms with Gasteiger partial charge in [0.05, 0.1) is 6.54 Å². The summed E-state index contributed by atoms with van der Waals surface area (Å²) in [6.07, 6.45) is -1.89. The Labute approximate surface area is 184 Å². The molecule has 0 saturated carbocycles. The van der Waals surface area contributed by atoms with Crippen molar-refractivity contribution in [2.24, 2.45) is 0 Å². The van der Waals surface area contributed by atoms with Gasteiger partial charge in [-0.05, 0) is 40.0 Å². The number of amides is 3. The maximum Gasteiger partial charge on any atom is 0.407 e. The number of aliphatic carboxylic acids is 3. The van der Waals surface area contributed by atoms with E-state index in [1.807, 2.05) is 5.32 Å². The lowest BCUT2D eigenvalue weighted by Gasteiger charge is -2.31. The third kappa shape index (κ3) is 8.78. The number of ether oxygens (including phenoxy) is 1. The fraction of sp³-hybridized carbons (Fsp3) is 0.684. The molecule has 0 aliphatic carbocycles. The van der Waals surface area contributed by atoms with Gasteiger partial charge in [-0.15, -0.1) is 0 Å². The van der Waals surface area contributed by atoms with Crippen molar-refractivity contribution in [1.82, 2.24) is 16.0 Å². The number of unbranched alkanes of at least 4 members (excludes halogenated alkanes) is 1. The van der Waals surface area contributed by atoms with E-state index in [0.29, 0.717) is 0 Å². The molecule has 0 aliphatic heterocycles. The summed E-state index contributed by atoms with van der Waals surface area (Å²) in [5, 5.41) is 34.9. The zero-order chi connectivity index (χ0) is 25.3. The summed E-state index contributed by atoms with van der Waals surface area (Å²) >= 11 is 0. The molecule has 32 heavy (non-hydrogen) atoms. The van der Waals surface area contributed by atoms with Crippen molar-refractivity contribution in [3.63, 3.8) is 0 Å². The van der Waals surface area contributed by atoms with Crippen molar-refractivity contribution >= 4 is 35.8 Å². The highest BCUT2D eigenvalue weighted by molar-refractivity contribution is 6.06. The lowest BCUT2D eigenvalue weighted by molar-refractivity contribution is -0.161. The minimum absolute atomic E-state index is 0.0511. The van der Waals surface area contributed by atoms with Gasteiger partial charge in [0.15, 0.2) is 5.54 Å². The lowest BCUT2D eigenvalue weighted by Crippen LogP contribution is -2.61. The fourth-order valence-electron chi connectivity index (χ4n) is 2.90. The molecule has 1 unspecified atom stereocenters. The van der Waals surface area contributed by atoms with E-state index in [2.05, 4.69) is 10.6 Å². The number of nitrogens with one attached hydrogen (secondary N) is 3. The molecule has 0 bridgehead atoms. The zero-order valence-corrected chi connectivity index (χ0v) is 18.7. The van der Waals surface area contributed by atoms with Gasteiger partial charge in [0.1, 0.15) is 5.60 Å². The van der Waals surface area contributed by atoms with Crippen molar-refractivity contribution in [3.05, 3.63) is 0 Å². The van der Waals surface area contributed by atoms with Gasteiger partial charge in [0.25, 0.3) is 0 Å². The van der Waals surface area contributed by atoms with Crippen LogP contribution in [0.1, 0.15) is 60.3 Å². The van der Waals surface area contributed by atoms with Gasteiger partial charge in [-0.1, -0.05) is 6.42 Å². The molecule has 0 spiro atoms.